The molecule has 1 aromatic carbocycles. The summed E-state index contributed by atoms with van der Waals surface area (Å²) < 4.78 is 0. The second kappa shape index (κ2) is 4.31. The molecule has 2 atom stereocenters. The van der Waals surface area contributed by atoms with Gasteiger partial charge < -0.3 is 5.32 Å². The van der Waals surface area contributed by atoms with Gasteiger partial charge in [-0.05, 0) is 24.7 Å². The zero-order valence-corrected chi connectivity index (χ0v) is 10.1. The molecule has 0 amide bonds. The van der Waals surface area contributed by atoms with Crippen LogP contribution in [-0.4, -0.2) is 18.8 Å². The molecule has 1 nitrogen and oxygen atoms in total. The van der Waals surface area contributed by atoms with E-state index in [0.717, 1.165) is 0 Å². The van der Waals surface area contributed by atoms with E-state index in [9.17, 15) is 0 Å². The van der Waals surface area contributed by atoms with Gasteiger partial charge in [-0.2, -0.15) is 11.8 Å². The van der Waals surface area contributed by atoms with Crippen molar-refractivity contribution in [3.8, 4) is 0 Å². The lowest BCUT2D eigenvalue weighted by atomic mass is 10.1. The quantitative estimate of drug-likeness (QED) is 0.861. The van der Waals surface area contributed by atoms with Crippen molar-refractivity contribution < 1.29 is 0 Å². The van der Waals surface area contributed by atoms with Gasteiger partial charge in [0.05, 0.1) is 10.0 Å². The summed E-state index contributed by atoms with van der Waals surface area (Å²) in [5.74, 6) is 1.17. The summed E-state index contributed by atoms with van der Waals surface area (Å²) in [4.78, 5) is 0. The van der Waals surface area contributed by atoms with Gasteiger partial charge in [-0.15, -0.1) is 0 Å². The summed E-state index contributed by atoms with van der Waals surface area (Å²) >= 11 is 13.8. The molecule has 2 rings (SSSR count). The third kappa shape index (κ3) is 1.89. The topological polar surface area (TPSA) is 12.0 Å². The highest BCUT2D eigenvalue weighted by molar-refractivity contribution is 8.01. The zero-order valence-electron chi connectivity index (χ0n) is 7.76. The van der Waals surface area contributed by atoms with Crippen LogP contribution in [-0.2, 0) is 0 Å². The molecule has 1 aliphatic rings. The average molecular weight is 248 g/mol. The van der Waals surface area contributed by atoms with Crippen LogP contribution in [0, 0.1) is 0 Å². The minimum atomic E-state index is 0.523. The average Bonchev–Trinajstić information content (AvgIpc) is 2.10. The van der Waals surface area contributed by atoms with Gasteiger partial charge in [0.15, 0.2) is 0 Å². The first kappa shape index (κ1) is 10.6. The summed E-state index contributed by atoms with van der Waals surface area (Å²) in [5, 5.41) is 5.08. The second-order valence-electron chi connectivity index (χ2n) is 3.32. The first-order chi connectivity index (χ1) is 6.72. The molecule has 0 bridgehead atoms. The third-order valence-electron chi connectivity index (χ3n) is 2.46. The van der Waals surface area contributed by atoms with Crippen molar-refractivity contribution in [2.75, 3.05) is 12.8 Å². The van der Waals surface area contributed by atoms with Gasteiger partial charge in [0, 0.05) is 17.0 Å². The van der Waals surface area contributed by atoms with Crippen LogP contribution in [0.2, 0.25) is 10.0 Å². The van der Waals surface area contributed by atoms with E-state index in [0.29, 0.717) is 21.3 Å². The van der Waals surface area contributed by atoms with Crippen LogP contribution in [0.4, 0.5) is 0 Å². The monoisotopic (exact) mass is 247 g/mol. The predicted octanol–water partition coefficient (Wildman–Crippen LogP) is 3.37. The van der Waals surface area contributed by atoms with E-state index in [1.54, 1.807) is 0 Å². The normalized spacial score (nSPS) is 25.9. The lowest BCUT2D eigenvalue weighted by Crippen LogP contribution is -2.40. The third-order valence-corrected chi connectivity index (χ3v) is 4.71. The number of halogens is 2. The molecule has 0 saturated carbocycles. The van der Waals surface area contributed by atoms with Crippen molar-refractivity contribution in [3.63, 3.8) is 0 Å². The fourth-order valence-electron chi connectivity index (χ4n) is 1.54. The van der Waals surface area contributed by atoms with Crippen molar-refractivity contribution >= 4 is 35.0 Å². The Morgan fingerprint density at radius 2 is 2.14 bits per heavy atom. The SMILES string of the molecule is CNC1CSC1c1ccc(Cl)c(Cl)c1. The molecule has 1 N–H and O–H groups in total. The molecule has 1 aliphatic heterocycles. The molecular weight excluding hydrogens is 237 g/mol. The highest BCUT2D eigenvalue weighted by atomic mass is 35.5. The van der Waals surface area contributed by atoms with Gasteiger partial charge in [-0.1, -0.05) is 29.3 Å². The van der Waals surface area contributed by atoms with Crippen molar-refractivity contribution in [3.05, 3.63) is 33.8 Å². The van der Waals surface area contributed by atoms with Crippen LogP contribution >= 0.6 is 35.0 Å². The number of hydrogen-bond donors (Lipinski definition) is 1. The molecule has 0 spiro atoms. The molecule has 1 heterocycles. The van der Waals surface area contributed by atoms with Crippen molar-refractivity contribution in [1.29, 1.82) is 0 Å². The Labute approximate surface area is 98.2 Å². The van der Waals surface area contributed by atoms with Crippen molar-refractivity contribution in [1.82, 2.24) is 5.32 Å². The molecule has 1 fully saturated rings. The number of likely N-dealkylation sites (N-methyl/N-ethyl adjacent to an activating group) is 1. The number of benzene rings is 1. The Hall–Kier alpha value is 0.110. The molecule has 1 aromatic rings. The van der Waals surface area contributed by atoms with E-state index < -0.39 is 0 Å². The van der Waals surface area contributed by atoms with E-state index in [4.69, 9.17) is 23.2 Å². The zero-order chi connectivity index (χ0) is 10.1. The Balaban J connectivity index is 2.20. The van der Waals surface area contributed by atoms with Crippen LogP contribution in [0.15, 0.2) is 18.2 Å². The molecule has 0 aromatic heterocycles. The molecule has 1 saturated heterocycles. The standard InChI is InChI=1S/C10H11Cl2NS/c1-13-9-5-14-10(9)6-2-3-7(11)8(12)4-6/h2-4,9-10,13H,5H2,1H3. The predicted molar refractivity (Wildman–Crippen MR) is 64.5 cm³/mol. The smallest absolute Gasteiger partial charge is 0.0595 e. The number of nitrogens with one attached hydrogen (secondary N) is 1. The fourth-order valence-corrected chi connectivity index (χ4v) is 3.07. The molecule has 4 heteroatoms. The first-order valence-corrected chi connectivity index (χ1v) is 6.26. The summed E-state index contributed by atoms with van der Waals surface area (Å²) in [6.07, 6.45) is 0. The first-order valence-electron chi connectivity index (χ1n) is 4.46. The van der Waals surface area contributed by atoms with E-state index in [2.05, 4.69) is 11.4 Å². The maximum atomic E-state index is 5.97. The van der Waals surface area contributed by atoms with Gasteiger partial charge in [0.2, 0.25) is 0 Å². The second-order valence-corrected chi connectivity index (χ2v) is 5.31. The van der Waals surface area contributed by atoms with E-state index >= 15 is 0 Å². The maximum Gasteiger partial charge on any atom is 0.0595 e. The van der Waals surface area contributed by atoms with E-state index in [1.807, 2.05) is 30.9 Å². The summed E-state index contributed by atoms with van der Waals surface area (Å²) in [5.41, 5.74) is 1.26. The van der Waals surface area contributed by atoms with Crippen LogP contribution in [0.3, 0.4) is 0 Å². The molecular formula is C10H11Cl2NS. The largest absolute Gasteiger partial charge is 0.315 e. The number of rotatable bonds is 2. The van der Waals surface area contributed by atoms with Gasteiger partial charge in [-0.25, -0.2) is 0 Å². The van der Waals surface area contributed by atoms with Gasteiger partial charge >= 0.3 is 0 Å². The highest BCUT2D eigenvalue weighted by Crippen LogP contribution is 2.43. The van der Waals surface area contributed by atoms with Crippen molar-refractivity contribution in [2.24, 2.45) is 0 Å². The molecule has 0 aliphatic carbocycles. The van der Waals surface area contributed by atoms with Crippen LogP contribution in [0.25, 0.3) is 0 Å². The highest BCUT2D eigenvalue weighted by Gasteiger charge is 2.31. The Kier molecular flexibility index (Phi) is 3.27. The van der Waals surface area contributed by atoms with Gasteiger partial charge in [0.1, 0.15) is 0 Å². The molecule has 2 unspecified atom stereocenters. The van der Waals surface area contributed by atoms with E-state index in [1.165, 1.54) is 11.3 Å². The fraction of sp³-hybridized carbons (Fsp3) is 0.400. The Morgan fingerprint density at radius 3 is 2.64 bits per heavy atom. The maximum absolute atomic E-state index is 5.97. The number of hydrogen-bond acceptors (Lipinski definition) is 2. The number of thioether (sulfide) groups is 1. The summed E-state index contributed by atoms with van der Waals surface area (Å²) in [7, 11) is 1.99. The molecule has 14 heavy (non-hydrogen) atoms. The lowest BCUT2D eigenvalue weighted by Gasteiger charge is -2.36. The van der Waals surface area contributed by atoms with E-state index in [-0.39, 0.29) is 0 Å². The summed E-state index contributed by atoms with van der Waals surface area (Å²) in [6, 6.07) is 6.45. The molecule has 0 radical (unpaired) electrons. The molecule has 76 valence electrons. The van der Waals surface area contributed by atoms with Gasteiger partial charge in [-0.3, -0.25) is 0 Å². The van der Waals surface area contributed by atoms with Crippen molar-refractivity contribution in [2.45, 2.75) is 11.3 Å². The Morgan fingerprint density at radius 1 is 1.36 bits per heavy atom. The van der Waals surface area contributed by atoms with Crippen LogP contribution in [0.5, 0.6) is 0 Å². The lowest BCUT2D eigenvalue weighted by molar-refractivity contribution is 0.573. The van der Waals surface area contributed by atoms with Crippen LogP contribution in [0.1, 0.15) is 10.8 Å². The Bertz CT molecular complexity index is 341. The van der Waals surface area contributed by atoms with Crippen LogP contribution < -0.4 is 5.32 Å². The minimum Gasteiger partial charge on any atom is -0.315 e. The minimum absolute atomic E-state index is 0.523. The summed E-state index contributed by atoms with van der Waals surface area (Å²) in [6.45, 7) is 0. The van der Waals surface area contributed by atoms with Gasteiger partial charge in [0.25, 0.3) is 0 Å².